The zero-order valence-corrected chi connectivity index (χ0v) is 14.7. The van der Waals surface area contributed by atoms with Crippen LogP contribution in [0.25, 0.3) is 0 Å². The summed E-state index contributed by atoms with van der Waals surface area (Å²) in [4.78, 5) is 26.0. The van der Waals surface area contributed by atoms with Gasteiger partial charge in [0.25, 0.3) is 5.91 Å². The van der Waals surface area contributed by atoms with Gasteiger partial charge in [-0.1, -0.05) is 30.3 Å². The van der Waals surface area contributed by atoms with E-state index in [0.29, 0.717) is 0 Å². The molecule has 6 heteroatoms. The van der Waals surface area contributed by atoms with Crippen LogP contribution in [0, 0.1) is 11.6 Å². The molecular weight excluding hydrogens is 340 g/mol. The molecule has 4 nitrogen and oxygen atoms in total. The van der Waals surface area contributed by atoms with Crippen molar-refractivity contribution in [3.8, 4) is 0 Å². The van der Waals surface area contributed by atoms with Crippen molar-refractivity contribution in [2.75, 3.05) is 13.2 Å². The molecule has 0 bridgehead atoms. The first-order valence-electron chi connectivity index (χ1n) is 8.40. The van der Waals surface area contributed by atoms with Crippen molar-refractivity contribution in [2.45, 2.75) is 26.3 Å². The van der Waals surface area contributed by atoms with Crippen molar-refractivity contribution in [3.63, 3.8) is 0 Å². The number of ether oxygens (including phenoxy) is 1. The molecule has 0 fully saturated rings. The van der Waals surface area contributed by atoms with Crippen molar-refractivity contribution in [2.24, 2.45) is 0 Å². The lowest BCUT2D eigenvalue weighted by Crippen LogP contribution is -2.35. The third-order valence-corrected chi connectivity index (χ3v) is 4.04. The summed E-state index contributed by atoms with van der Waals surface area (Å²) in [5.41, 5.74) is 0.892. The largest absolute Gasteiger partial charge is 0.466 e. The van der Waals surface area contributed by atoms with E-state index in [-0.39, 0.29) is 31.2 Å². The maximum atomic E-state index is 13.5. The van der Waals surface area contributed by atoms with Gasteiger partial charge >= 0.3 is 5.97 Å². The van der Waals surface area contributed by atoms with Crippen LogP contribution in [0.1, 0.15) is 42.2 Å². The third-order valence-electron chi connectivity index (χ3n) is 4.04. The minimum Gasteiger partial charge on any atom is -0.466 e. The number of carbonyl (C=O) groups excluding carboxylic acids is 2. The Balaban J connectivity index is 2.27. The number of hydrogen-bond acceptors (Lipinski definition) is 3. The van der Waals surface area contributed by atoms with Crippen LogP contribution in [0.3, 0.4) is 0 Å². The number of halogens is 2. The summed E-state index contributed by atoms with van der Waals surface area (Å²) in [5.74, 6) is -3.01. The van der Waals surface area contributed by atoms with Gasteiger partial charge in [0.2, 0.25) is 0 Å². The average Bonchev–Trinajstić information content (AvgIpc) is 2.64. The fourth-order valence-electron chi connectivity index (χ4n) is 2.62. The number of amides is 1. The van der Waals surface area contributed by atoms with E-state index in [9.17, 15) is 18.4 Å². The van der Waals surface area contributed by atoms with E-state index in [1.807, 2.05) is 37.3 Å². The van der Waals surface area contributed by atoms with E-state index >= 15 is 0 Å². The van der Waals surface area contributed by atoms with Crippen LogP contribution in [-0.4, -0.2) is 29.9 Å². The summed E-state index contributed by atoms with van der Waals surface area (Å²) >= 11 is 0. The molecule has 0 aromatic heterocycles. The molecule has 2 aromatic carbocycles. The fraction of sp³-hybridized carbons (Fsp3) is 0.300. The second-order valence-corrected chi connectivity index (χ2v) is 5.77. The summed E-state index contributed by atoms with van der Waals surface area (Å²) in [7, 11) is 0. The Labute approximate surface area is 151 Å². The standard InChI is InChI=1S/C20H21F2NO3/c1-3-26-19(24)11-12-23(14(2)15-7-5-4-6-8-15)20(25)16-9-10-17(21)18(22)13-16/h4-10,13-14H,3,11-12H2,1-2H3. The van der Waals surface area contributed by atoms with Gasteiger partial charge in [0.15, 0.2) is 11.6 Å². The molecule has 0 aliphatic rings. The number of hydrogen-bond donors (Lipinski definition) is 0. The number of esters is 1. The molecule has 0 aliphatic heterocycles. The van der Waals surface area contributed by atoms with Crippen LogP contribution >= 0.6 is 0 Å². The molecule has 2 rings (SSSR count). The van der Waals surface area contributed by atoms with Crippen LogP contribution in [0.5, 0.6) is 0 Å². The van der Waals surface area contributed by atoms with Crippen LogP contribution in [0.15, 0.2) is 48.5 Å². The maximum absolute atomic E-state index is 13.5. The highest BCUT2D eigenvalue weighted by molar-refractivity contribution is 5.94. The van der Waals surface area contributed by atoms with Gasteiger partial charge in [-0.2, -0.15) is 0 Å². The predicted molar refractivity (Wildman–Crippen MR) is 93.5 cm³/mol. The van der Waals surface area contributed by atoms with Gasteiger partial charge in [-0.25, -0.2) is 8.78 Å². The molecule has 1 atom stereocenters. The van der Waals surface area contributed by atoms with Crippen molar-refractivity contribution in [3.05, 3.63) is 71.3 Å². The summed E-state index contributed by atoms with van der Waals surface area (Å²) < 4.78 is 31.6. The van der Waals surface area contributed by atoms with Gasteiger partial charge in [0.05, 0.1) is 19.1 Å². The number of rotatable bonds is 7. The molecule has 0 heterocycles. The molecule has 0 radical (unpaired) electrons. The Morgan fingerprint density at radius 3 is 2.38 bits per heavy atom. The van der Waals surface area contributed by atoms with Crippen molar-refractivity contribution in [1.82, 2.24) is 4.90 Å². The Morgan fingerprint density at radius 1 is 1.08 bits per heavy atom. The number of nitrogens with zero attached hydrogens (tertiary/aromatic N) is 1. The lowest BCUT2D eigenvalue weighted by molar-refractivity contribution is -0.143. The molecule has 0 N–H and O–H groups in total. The van der Waals surface area contributed by atoms with Crippen molar-refractivity contribution < 1.29 is 23.1 Å². The highest BCUT2D eigenvalue weighted by Crippen LogP contribution is 2.23. The number of carbonyl (C=O) groups is 2. The van der Waals surface area contributed by atoms with Crippen molar-refractivity contribution >= 4 is 11.9 Å². The molecule has 0 saturated heterocycles. The summed E-state index contributed by atoms with van der Waals surface area (Å²) in [5, 5.41) is 0. The molecule has 0 spiro atoms. The average molecular weight is 361 g/mol. The second-order valence-electron chi connectivity index (χ2n) is 5.77. The first kappa shape index (κ1) is 19.6. The van der Waals surface area contributed by atoms with E-state index < -0.39 is 23.5 Å². The Morgan fingerprint density at radius 2 is 1.77 bits per heavy atom. The first-order valence-corrected chi connectivity index (χ1v) is 8.40. The summed E-state index contributed by atoms with van der Waals surface area (Å²) in [6.45, 7) is 3.88. The monoisotopic (exact) mass is 361 g/mol. The van der Waals surface area contributed by atoms with E-state index in [4.69, 9.17) is 4.74 Å². The van der Waals surface area contributed by atoms with Gasteiger partial charge in [-0.3, -0.25) is 9.59 Å². The molecular formula is C20H21F2NO3. The van der Waals surface area contributed by atoms with Gasteiger partial charge in [0.1, 0.15) is 0 Å². The van der Waals surface area contributed by atoms with Crippen LogP contribution in [0.4, 0.5) is 8.78 Å². The zero-order valence-electron chi connectivity index (χ0n) is 14.7. The minimum atomic E-state index is -1.09. The first-order chi connectivity index (χ1) is 12.4. The Kier molecular flexibility index (Phi) is 6.83. The highest BCUT2D eigenvalue weighted by Gasteiger charge is 2.24. The Hall–Kier alpha value is -2.76. The van der Waals surface area contributed by atoms with E-state index in [0.717, 1.165) is 17.7 Å². The smallest absolute Gasteiger partial charge is 0.307 e. The molecule has 0 saturated carbocycles. The fourth-order valence-corrected chi connectivity index (χ4v) is 2.62. The quantitative estimate of drug-likeness (QED) is 0.697. The second kappa shape index (κ2) is 9.08. The Bertz CT molecular complexity index is 765. The molecule has 2 aromatic rings. The van der Waals surface area contributed by atoms with E-state index in [1.54, 1.807) is 6.92 Å². The minimum absolute atomic E-state index is 0.0143. The highest BCUT2D eigenvalue weighted by atomic mass is 19.2. The molecule has 0 aliphatic carbocycles. The van der Waals surface area contributed by atoms with Gasteiger partial charge in [-0.15, -0.1) is 0 Å². The van der Waals surface area contributed by atoms with Gasteiger partial charge in [-0.05, 0) is 37.6 Å². The lowest BCUT2D eigenvalue weighted by atomic mass is 10.0. The molecule has 26 heavy (non-hydrogen) atoms. The lowest BCUT2D eigenvalue weighted by Gasteiger charge is -2.29. The van der Waals surface area contributed by atoms with E-state index in [2.05, 4.69) is 0 Å². The number of benzene rings is 2. The third kappa shape index (κ3) is 4.88. The van der Waals surface area contributed by atoms with Crippen LogP contribution in [0.2, 0.25) is 0 Å². The summed E-state index contributed by atoms with van der Waals surface area (Å²) in [6, 6.07) is 11.9. The zero-order chi connectivity index (χ0) is 19.1. The predicted octanol–water partition coefficient (Wildman–Crippen LogP) is 4.12. The SMILES string of the molecule is CCOC(=O)CCN(C(=O)c1ccc(F)c(F)c1)C(C)c1ccccc1. The molecule has 138 valence electrons. The van der Waals surface area contributed by atoms with Crippen LogP contribution < -0.4 is 0 Å². The maximum Gasteiger partial charge on any atom is 0.307 e. The normalized spacial score (nSPS) is 11.7. The molecule has 1 amide bonds. The van der Waals surface area contributed by atoms with Gasteiger partial charge < -0.3 is 9.64 Å². The topological polar surface area (TPSA) is 46.6 Å². The van der Waals surface area contributed by atoms with Crippen LogP contribution in [-0.2, 0) is 9.53 Å². The van der Waals surface area contributed by atoms with Gasteiger partial charge in [0, 0.05) is 12.1 Å². The molecule has 1 unspecified atom stereocenters. The van der Waals surface area contributed by atoms with E-state index in [1.165, 1.54) is 11.0 Å². The van der Waals surface area contributed by atoms with Crippen molar-refractivity contribution in [1.29, 1.82) is 0 Å². The summed E-state index contributed by atoms with van der Waals surface area (Å²) in [6.07, 6.45) is 0.0143.